The van der Waals surface area contributed by atoms with E-state index in [1.807, 2.05) is 12.2 Å². The molecule has 1 unspecified atom stereocenters. The molecule has 0 aromatic heterocycles. The van der Waals surface area contributed by atoms with Gasteiger partial charge in [0.1, 0.15) is 10.5 Å². The van der Waals surface area contributed by atoms with E-state index in [1.54, 1.807) is 0 Å². The normalized spacial score (nSPS) is 12.9. The largest absolute Gasteiger partial charge is 0.422 e. The van der Waals surface area contributed by atoms with Crippen LogP contribution in [0.15, 0.2) is 25.3 Å². The lowest BCUT2D eigenvalue weighted by Gasteiger charge is -2.07. The molecule has 0 aliphatic heterocycles. The Hall–Kier alpha value is -0.343. The highest BCUT2D eigenvalue weighted by Crippen LogP contribution is 2.00. The number of hydrogen-bond donors (Lipinski definition) is 0. The molecule has 0 fully saturated rings. The van der Waals surface area contributed by atoms with Crippen LogP contribution in [0.25, 0.3) is 0 Å². The van der Waals surface area contributed by atoms with Crippen molar-refractivity contribution in [3.05, 3.63) is 25.3 Å². The maximum Gasteiger partial charge on any atom is 0.146 e. The Morgan fingerprint density at radius 2 is 2.22 bits per heavy atom. The maximum atomic E-state index is 5.17. The highest BCUT2D eigenvalue weighted by molar-refractivity contribution is 5.98. The van der Waals surface area contributed by atoms with Crippen LogP contribution < -0.4 is 0 Å². The maximum absolute atomic E-state index is 5.17. The zero-order chi connectivity index (χ0) is 7.11. The van der Waals surface area contributed by atoms with Crippen molar-refractivity contribution in [1.29, 1.82) is 0 Å². The van der Waals surface area contributed by atoms with Gasteiger partial charge < -0.3 is 4.43 Å². The molecule has 0 aliphatic rings. The summed E-state index contributed by atoms with van der Waals surface area (Å²) in [5, 5.41) is 0. The van der Waals surface area contributed by atoms with Gasteiger partial charge in [0.25, 0.3) is 0 Å². The fourth-order valence-corrected chi connectivity index (χ4v) is 1.04. The van der Waals surface area contributed by atoms with Crippen LogP contribution in [0.4, 0.5) is 0 Å². The van der Waals surface area contributed by atoms with Crippen LogP contribution in [-0.2, 0) is 4.43 Å². The van der Waals surface area contributed by atoms with E-state index in [-0.39, 0.29) is 6.10 Å². The minimum Gasteiger partial charge on any atom is -0.422 e. The van der Waals surface area contributed by atoms with E-state index in [4.69, 9.17) is 4.43 Å². The Kier molecular flexibility index (Phi) is 5.57. The Labute approximate surface area is 60.0 Å². The van der Waals surface area contributed by atoms with Crippen molar-refractivity contribution in [3.8, 4) is 0 Å². The average molecular weight is 142 g/mol. The summed E-state index contributed by atoms with van der Waals surface area (Å²) in [6.07, 6.45) is 6.04. The van der Waals surface area contributed by atoms with Crippen LogP contribution in [0.1, 0.15) is 12.8 Å². The zero-order valence-corrected chi connectivity index (χ0v) is 7.97. The van der Waals surface area contributed by atoms with E-state index >= 15 is 0 Å². The highest BCUT2D eigenvalue weighted by atomic mass is 28.2. The van der Waals surface area contributed by atoms with Gasteiger partial charge in [-0.3, -0.25) is 0 Å². The first-order valence-corrected chi connectivity index (χ1v) is 3.93. The summed E-state index contributed by atoms with van der Waals surface area (Å²) in [6.45, 7) is 7.27. The topological polar surface area (TPSA) is 9.23 Å². The average Bonchev–Trinajstić information content (AvgIpc) is 1.91. The lowest BCUT2D eigenvalue weighted by molar-refractivity contribution is 0.264. The highest BCUT2D eigenvalue weighted by Gasteiger charge is 1.96. The van der Waals surface area contributed by atoms with Gasteiger partial charge in [0.15, 0.2) is 0 Å². The fraction of sp³-hybridized carbons (Fsp3) is 0.429. The van der Waals surface area contributed by atoms with E-state index in [1.165, 1.54) is 0 Å². The monoisotopic (exact) mass is 142 g/mol. The zero-order valence-electron chi connectivity index (χ0n) is 5.97. The Morgan fingerprint density at radius 3 is 2.56 bits per heavy atom. The van der Waals surface area contributed by atoms with Gasteiger partial charge in [-0.05, 0) is 12.8 Å². The molecule has 0 bridgehead atoms. The first-order valence-electron chi connectivity index (χ1n) is 3.11. The molecule has 0 N–H and O–H groups in total. The number of allylic oxidation sites excluding steroid dienone is 1. The molecule has 9 heavy (non-hydrogen) atoms. The molecule has 0 amide bonds. The molecule has 0 rings (SSSR count). The van der Waals surface area contributed by atoms with Crippen molar-refractivity contribution in [2.45, 2.75) is 18.9 Å². The van der Waals surface area contributed by atoms with Crippen LogP contribution in [0.3, 0.4) is 0 Å². The van der Waals surface area contributed by atoms with Crippen molar-refractivity contribution < 1.29 is 4.43 Å². The van der Waals surface area contributed by atoms with E-state index in [9.17, 15) is 0 Å². The van der Waals surface area contributed by atoms with E-state index < -0.39 is 0 Å². The molecule has 0 heterocycles. The summed E-state index contributed by atoms with van der Waals surface area (Å²) in [4.78, 5) is 0. The van der Waals surface area contributed by atoms with Gasteiger partial charge in [-0.2, -0.15) is 0 Å². The van der Waals surface area contributed by atoms with Crippen LogP contribution in [0.5, 0.6) is 0 Å². The number of hydrogen-bond acceptors (Lipinski definition) is 1. The summed E-state index contributed by atoms with van der Waals surface area (Å²) in [5.74, 6) is 0. The second kappa shape index (κ2) is 5.79. The lowest BCUT2D eigenvalue weighted by atomic mass is 10.2. The van der Waals surface area contributed by atoms with Gasteiger partial charge in [0.05, 0.1) is 6.10 Å². The van der Waals surface area contributed by atoms with Gasteiger partial charge in [0, 0.05) is 0 Å². The molecule has 0 aromatic rings. The summed E-state index contributed by atoms with van der Waals surface area (Å²) in [7, 11) is 0.793. The van der Waals surface area contributed by atoms with Crippen molar-refractivity contribution in [3.63, 3.8) is 0 Å². The van der Waals surface area contributed by atoms with Crippen molar-refractivity contribution in [2.75, 3.05) is 0 Å². The van der Waals surface area contributed by atoms with Gasteiger partial charge in [-0.15, -0.1) is 13.2 Å². The Morgan fingerprint density at radius 1 is 1.56 bits per heavy atom. The molecule has 52 valence electrons. The smallest absolute Gasteiger partial charge is 0.146 e. The molecule has 2 heteroatoms. The minimum absolute atomic E-state index is 0.259. The molecular formula is C7H14OSi. The third kappa shape index (κ3) is 4.18. The van der Waals surface area contributed by atoms with Gasteiger partial charge in [-0.1, -0.05) is 12.2 Å². The van der Waals surface area contributed by atoms with Crippen molar-refractivity contribution >= 4 is 10.5 Å². The molecule has 0 aliphatic carbocycles. The standard InChI is InChI=1S/C7H14OSi/c1-3-5-6-7(4-2)8-9/h3-4,7H,1-2,5-6H2,9H3. The van der Waals surface area contributed by atoms with Crippen LogP contribution in [-0.4, -0.2) is 16.6 Å². The SMILES string of the molecule is C=CCCC(C=C)O[SiH3]. The van der Waals surface area contributed by atoms with Crippen LogP contribution in [0, 0.1) is 0 Å². The fourth-order valence-electron chi connectivity index (χ4n) is 0.614. The van der Waals surface area contributed by atoms with E-state index in [0.29, 0.717) is 0 Å². The number of rotatable bonds is 5. The molecule has 0 saturated carbocycles. The first kappa shape index (κ1) is 8.66. The third-order valence-electron chi connectivity index (χ3n) is 1.22. The van der Waals surface area contributed by atoms with Gasteiger partial charge in [-0.25, -0.2) is 0 Å². The molecule has 1 nitrogen and oxygen atoms in total. The second-order valence-corrected chi connectivity index (χ2v) is 2.35. The Bertz CT molecular complexity index is 90.9. The third-order valence-corrected chi connectivity index (χ3v) is 1.83. The van der Waals surface area contributed by atoms with Crippen molar-refractivity contribution in [1.82, 2.24) is 0 Å². The quantitative estimate of drug-likeness (QED) is 0.407. The van der Waals surface area contributed by atoms with Crippen LogP contribution in [0.2, 0.25) is 0 Å². The Balaban J connectivity index is 3.30. The summed E-state index contributed by atoms with van der Waals surface area (Å²) in [6, 6.07) is 0. The van der Waals surface area contributed by atoms with Gasteiger partial charge >= 0.3 is 0 Å². The van der Waals surface area contributed by atoms with E-state index in [0.717, 1.165) is 23.3 Å². The van der Waals surface area contributed by atoms with E-state index in [2.05, 4.69) is 13.2 Å². The predicted octanol–water partition coefficient (Wildman–Crippen LogP) is 0.804. The summed E-state index contributed by atoms with van der Waals surface area (Å²) < 4.78 is 5.17. The summed E-state index contributed by atoms with van der Waals surface area (Å²) in [5.41, 5.74) is 0. The molecule has 0 saturated heterocycles. The molecule has 0 radical (unpaired) electrons. The summed E-state index contributed by atoms with van der Waals surface area (Å²) >= 11 is 0. The lowest BCUT2D eigenvalue weighted by Crippen LogP contribution is -2.05. The second-order valence-electron chi connectivity index (χ2n) is 1.88. The molecule has 0 spiro atoms. The first-order chi connectivity index (χ1) is 4.35. The predicted molar refractivity (Wildman–Crippen MR) is 44.4 cm³/mol. The molecule has 0 aromatic carbocycles. The molecular weight excluding hydrogens is 128 g/mol. The van der Waals surface area contributed by atoms with Crippen molar-refractivity contribution in [2.24, 2.45) is 0 Å². The minimum atomic E-state index is 0.259. The molecule has 1 atom stereocenters. The van der Waals surface area contributed by atoms with Gasteiger partial charge in [0.2, 0.25) is 0 Å². The van der Waals surface area contributed by atoms with Crippen LogP contribution >= 0.6 is 0 Å².